The number of anilines is 1. The van der Waals surface area contributed by atoms with Gasteiger partial charge < -0.3 is 20.8 Å². The molecule has 0 unspecified atom stereocenters. The molecule has 2 aromatic carbocycles. The Morgan fingerprint density at radius 2 is 1.81 bits per heavy atom. The first-order chi connectivity index (χ1) is 10.1. The summed E-state index contributed by atoms with van der Waals surface area (Å²) in [5.74, 6) is -1.18. The number of carbonyl (C=O) groups is 2. The maximum Gasteiger partial charge on any atom is 0.326 e. The van der Waals surface area contributed by atoms with Gasteiger partial charge in [-0.1, -0.05) is 30.3 Å². The molecular formula is C15H16N2O4. The number of urea groups is 1. The van der Waals surface area contributed by atoms with Gasteiger partial charge in [-0.2, -0.15) is 0 Å². The van der Waals surface area contributed by atoms with Gasteiger partial charge >= 0.3 is 12.0 Å². The fourth-order valence-corrected chi connectivity index (χ4v) is 1.98. The van der Waals surface area contributed by atoms with Gasteiger partial charge in [0, 0.05) is 18.7 Å². The van der Waals surface area contributed by atoms with E-state index in [4.69, 9.17) is 10.2 Å². The summed E-state index contributed by atoms with van der Waals surface area (Å²) in [6.07, 6.45) is -0.0412. The molecule has 0 aliphatic heterocycles. The molecule has 2 aromatic rings. The minimum atomic E-state index is -1.18. The molecular weight excluding hydrogens is 272 g/mol. The standard InChI is InChI=1S/C15H16N2O4/c18-8-7-13(14(19)20)17-15(21)16-12-6-5-10-3-1-2-4-11(10)9-12/h1-6,9,13,18H,7-8H2,(H,19,20)(H2,16,17,21)/t13-/m0/s1. The van der Waals surface area contributed by atoms with E-state index in [2.05, 4.69) is 10.6 Å². The topological polar surface area (TPSA) is 98.7 Å². The summed E-state index contributed by atoms with van der Waals surface area (Å²) in [4.78, 5) is 22.7. The third kappa shape index (κ3) is 3.93. The van der Waals surface area contributed by atoms with Crippen molar-refractivity contribution in [2.24, 2.45) is 0 Å². The van der Waals surface area contributed by atoms with Crippen LogP contribution >= 0.6 is 0 Å². The first-order valence-corrected chi connectivity index (χ1v) is 6.50. The first kappa shape index (κ1) is 14.8. The maximum atomic E-state index is 11.8. The third-order valence-corrected chi connectivity index (χ3v) is 3.03. The lowest BCUT2D eigenvalue weighted by atomic mass is 10.1. The van der Waals surface area contributed by atoms with Gasteiger partial charge in [-0.25, -0.2) is 9.59 Å². The van der Waals surface area contributed by atoms with Crippen LogP contribution in [0.3, 0.4) is 0 Å². The summed E-state index contributed by atoms with van der Waals surface area (Å²) in [5, 5.41) is 24.6. The smallest absolute Gasteiger partial charge is 0.326 e. The number of carboxylic acid groups (broad SMARTS) is 1. The van der Waals surface area contributed by atoms with Gasteiger partial charge in [-0.05, 0) is 22.9 Å². The van der Waals surface area contributed by atoms with Crippen LogP contribution in [0.5, 0.6) is 0 Å². The fraction of sp³-hybridized carbons (Fsp3) is 0.200. The molecule has 21 heavy (non-hydrogen) atoms. The number of fused-ring (bicyclic) bond motifs is 1. The van der Waals surface area contributed by atoms with Crippen LogP contribution < -0.4 is 10.6 Å². The van der Waals surface area contributed by atoms with Gasteiger partial charge in [0.1, 0.15) is 6.04 Å². The van der Waals surface area contributed by atoms with Crippen molar-refractivity contribution in [1.29, 1.82) is 0 Å². The summed E-state index contributed by atoms with van der Waals surface area (Å²) < 4.78 is 0. The van der Waals surface area contributed by atoms with Gasteiger partial charge in [-0.3, -0.25) is 0 Å². The Balaban J connectivity index is 2.05. The summed E-state index contributed by atoms with van der Waals surface area (Å²) in [6.45, 7) is -0.312. The van der Waals surface area contributed by atoms with E-state index in [0.717, 1.165) is 10.8 Å². The normalized spacial score (nSPS) is 11.9. The molecule has 0 radical (unpaired) electrons. The summed E-state index contributed by atoms with van der Waals surface area (Å²) in [7, 11) is 0. The molecule has 0 saturated carbocycles. The van der Waals surface area contributed by atoms with E-state index in [1.807, 2.05) is 30.3 Å². The zero-order chi connectivity index (χ0) is 15.2. The zero-order valence-electron chi connectivity index (χ0n) is 11.2. The fourth-order valence-electron chi connectivity index (χ4n) is 1.98. The van der Waals surface area contributed by atoms with Crippen molar-refractivity contribution < 1.29 is 19.8 Å². The van der Waals surface area contributed by atoms with Crippen LogP contribution in [0.1, 0.15) is 6.42 Å². The molecule has 0 saturated heterocycles. The number of carbonyl (C=O) groups excluding carboxylic acids is 1. The van der Waals surface area contributed by atoms with Crippen molar-refractivity contribution in [3.05, 3.63) is 42.5 Å². The largest absolute Gasteiger partial charge is 0.480 e. The highest BCUT2D eigenvalue weighted by atomic mass is 16.4. The molecule has 0 aromatic heterocycles. The second-order valence-electron chi connectivity index (χ2n) is 4.56. The molecule has 0 aliphatic rings. The van der Waals surface area contributed by atoms with Crippen molar-refractivity contribution in [3.63, 3.8) is 0 Å². The Morgan fingerprint density at radius 3 is 2.48 bits per heavy atom. The second-order valence-corrected chi connectivity index (χ2v) is 4.56. The van der Waals surface area contributed by atoms with E-state index in [0.29, 0.717) is 5.69 Å². The molecule has 6 heteroatoms. The van der Waals surface area contributed by atoms with E-state index in [1.165, 1.54) is 0 Å². The molecule has 1 atom stereocenters. The van der Waals surface area contributed by atoms with E-state index < -0.39 is 18.0 Å². The number of hydrogen-bond donors (Lipinski definition) is 4. The van der Waals surface area contributed by atoms with Gasteiger partial charge in [0.05, 0.1) is 0 Å². The molecule has 2 amide bonds. The van der Waals surface area contributed by atoms with Crippen LogP contribution in [-0.4, -0.2) is 34.9 Å². The minimum Gasteiger partial charge on any atom is -0.480 e. The zero-order valence-corrected chi connectivity index (χ0v) is 11.2. The number of aliphatic carboxylic acids is 1. The summed E-state index contributed by atoms with van der Waals surface area (Å²) in [6, 6.07) is 11.4. The molecule has 0 fully saturated rings. The summed E-state index contributed by atoms with van der Waals surface area (Å²) in [5.41, 5.74) is 0.569. The number of aliphatic hydroxyl groups excluding tert-OH is 1. The molecule has 0 bridgehead atoms. The van der Waals surface area contributed by atoms with Gasteiger partial charge in [0.15, 0.2) is 0 Å². The lowest BCUT2D eigenvalue weighted by molar-refractivity contribution is -0.139. The van der Waals surface area contributed by atoms with Crippen molar-refractivity contribution in [2.75, 3.05) is 11.9 Å². The Labute approximate surface area is 121 Å². The SMILES string of the molecule is O=C(Nc1ccc2ccccc2c1)N[C@@H](CCO)C(=O)O. The minimum absolute atomic E-state index is 0.0412. The highest BCUT2D eigenvalue weighted by molar-refractivity contribution is 5.95. The van der Waals surface area contributed by atoms with E-state index in [-0.39, 0.29) is 13.0 Å². The number of hydrogen-bond acceptors (Lipinski definition) is 3. The second kappa shape index (κ2) is 6.71. The highest BCUT2D eigenvalue weighted by Crippen LogP contribution is 2.18. The monoisotopic (exact) mass is 288 g/mol. The van der Waals surface area contributed by atoms with Crippen LogP contribution in [-0.2, 0) is 4.79 Å². The van der Waals surface area contributed by atoms with Crippen LogP contribution in [0.2, 0.25) is 0 Å². The van der Waals surface area contributed by atoms with Crippen molar-refractivity contribution >= 4 is 28.5 Å². The number of aliphatic hydroxyl groups is 1. The van der Waals surface area contributed by atoms with Crippen molar-refractivity contribution in [1.82, 2.24) is 5.32 Å². The molecule has 6 nitrogen and oxygen atoms in total. The molecule has 0 spiro atoms. The highest BCUT2D eigenvalue weighted by Gasteiger charge is 2.19. The van der Waals surface area contributed by atoms with Crippen LogP contribution in [0, 0.1) is 0 Å². The predicted molar refractivity (Wildman–Crippen MR) is 79.2 cm³/mol. The van der Waals surface area contributed by atoms with E-state index >= 15 is 0 Å². The molecule has 0 aliphatic carbocycles. The Morgan fingerprint density at radius 1 is 1.10 bits per heavy atom. The Bertz CT molecular complexity index is 657. The Hall–Kier alpha value is -2.60. The van der Waals surface area contributed by atoms with E-state index in [9.17, 15) is 9.59 Å². The molecule has 0 heterocycles. The number of rotatable bonds is 5. The van der Waals surface area contributed by atoms with Crippen LogP contribution in [0.4, 0.5) is 10.5 Å². The quantitative estimate of drug-likeness (QED) is 0.674. The summed E-state index contributed by atoms with van der Waals surface area (Å²) >= 11 is 0. The first-order valence-electron chi connectivity index (χ1n) is 6.50. The van der Waals surface area contributed by atoms with Crippen molar-refractivity contribution in [3.8, 4) is 0 Å². The molecule has 4 N–H and O–H groups in total. The number of amides is 2. The van der Waals surface area contributed by atoms with Crippen molar-refractivity contribution in [2.45, 2.75) is 12.5 Å². The average molecular weight is 288 g/mol. The number of carboxylic acids is 1. The Kier molecular flexibility index (Phi) is 4.73. The lowest BCUT2D eigenvalue weighted by Crippen LogP contribution is -2.43. The van der Waals surface area contributed by atoms with Crippen LogP contribution in [0.25, 0.3) is 10.8 Å². The third-order valence-electron chi connectivity index (χ3n) is 3.03. The number of nitrogens with one attached hydrogen (secondary N) is 2. The van der Waals surface area contributed by atoms with Crippen LogP contribution in [0.15, 0.2) is 42.5 Å². The van der Waals surface area contributed by atoms with E-state index in [1.54, 1.807) is 12.1 Å². The average Bonchev–Trinajstić information content (AvgIpc) is 2.46. The molecule has 110 valence electrons. The number of benzene rings is 2. The maximum absolute atomic E-state index is 11.8. The lowest BCUT2D eigenvalue weighted by Gasteiger charge is -2.14. The van der Waals surface area contributed by atoms with Gasteiger partial charge in [0.2, 0.25) is 0 Å². The predicted octanol–water partition coefficient (Wildman–Crippen LogP) is 1.80. The van der Waals surface area contributed by atoms with Gasteiger partial charge in [0.25, 0.3) is 0 Å². The molecule has 2 rings (SSSR count). The van der Waals surface area contributed by atoms with Gasteiger partial charge in [-0.15, -0.1) is 0 Å².